The molecule has 0 saturated carbocycles. The van der Waals surface area contributed by atoms with Crippen molar-refractivity contribution in [1.82, 2.24) is 10.3 Å². The summed E-state index contributed by atoms with van der Waals surface area (Å²) in [6.45, 7) is 2.91. The largest absolute Gasteiger partial charge is 0.446 e. The van der Waals surface area contributed by atoms with E-state index in [-0.39, 0.29) is 11.6 Å². The van der Waals surface area contributed by atoms with Crippen LogP contribution in [0, 0.1) is 0 Å². The van der Waals surface area contributed by atoms with Crippen molar-refractivity contribution in [2.24, 2.45) is 5.73 Å². The van der Waals surface area contributed by atoms with Gasteiger partial charge in [0.2, 0.25) is 5.89 Å². The first kappa shape index (κ1) is 21.2. The number of hydrogen-bond donors (Lipinski definition) is 2. The zero-order valence-electron chi connectivity index (χ0n) is 16.5. The Bertz CT molecular complexity index is 655. The third-order valence-electron chi connectivity index (χ3n) is 4.75. The van der Waals surface area contributed by atoms with E-state index < -0.39 is 6.04 Å². The van der Waals surface area contributed by atoms with Gasteiger partial charge in [0.1, 0.15) is 12.3 Å². The van der Waals surface area contributed by atoms with Crippen molar-refractivity contribution >= 4 is 5.91 Å². The first-order valence-corrected chi connectivity index (χ1v) is 10.3. The maximum absolute atomic E-state index is 12.2. The summed E-state index contributed by atoms with van der Waals surface area (Å²) in [7, 11) is 0. The van der Waals surface area contributed by atoms with Crippen molar-refractivity contribution in [3.63, 3.8) is 0 Å². The zero-order valence-corrected chi connectivity index (χ0v) is 16.5. The zero-order chi connectivity index (χ0) is 19.3. The molecular weight excluding hydrogens is 338 g/mol. The molecule has 1 aromatic carbocycles. The molecule has 0 radical (unpaired) electrons. The molecule has 1 heterocycles. The van der Waals surface area contributed by atoms with E-state index in [4.69, 9.17) is 10.2 Å². The normalized spacial score (nSPS) is 12.1. The Labute approximate surface area is 162 Å². The van der Waals surface area contributed by atoms with E-state index in [1.54, 1.807) is 0 Å². The molecule has 148 valence electrons. The fraction of sp³-hybridized carbons (Fsp3) is 0.545. The number of amides is 1. The molecule has 2 aromatic rings. The topological polar surface area (TPSA) is 81.2 Å². The fourth-order valence-electron chi connectivity index (χ4n) is 3.07. The molecule has 5 heteroatoms. The number of nitrogens with two attached hydrogens (primary N) is 1. The lowest BCUT2D eigenvalue weighted by atomic mass is 10.1. The summed E-state index contributed by atoms with van der Waals surface area (Å²) in [5.74, 6) is 0.152. The number of oxazole rings is 1. The minimum atomic E-state index is -0.468. The van der Waals surface area contributed by atoms with Crippen molar-refractivity contribution in [2.45, 2.75) is 70.8 Å². The predicted molar refractivity (Wildman–Crippen MR) is 109 cm³/mol. The number of benzene rings is 1. The van der Waals surface area contributed by atoms with Gasteiger partial charge in [0.05, 0.1) is 0 Å². The van der Waals surface area contributed by atoms with E-state index in [2.05, 4.69) is 17.2 Å². The Morgan fingerprint density at radius 2 is 1.67 bits per heavy atom. The average Bonchev–Trinajstić information content (AvgIpc) is 3.19. The summed E-state index contributed by atoms with van der Waals surface area (Å²) < 4.78 is 5.40. The average molecular weight is 372 g/mol. The van der Waals surface area contributed by atoms with Gasteiger partial charge in [0.25, 0.3) is 5.91 Å². The fourth-order valence-corrected chi connectivity index (χ4v) is 3.07. The highest BCUT2D eigenvalue weighted by Gasteiger charge is 2.18. The van der Waals surface area contributed by atoms with E-state index >= 15 is 0 Å². The van der Waals surface area contributed by atoms with Gasteiger partial charge < -0.3 is 15.5 Å². The molecule has 0 aliphatic heterocycles. The van der Waals surface area contributed by atoms with Crippen LogP contribution in [0.15, 0.2) is 41.0 Å². The van der Waals surface area contributed by atoms with Gasteiger partial charge in [-0.2, -0.15) is 0 Å². The van der Waals surface area contributed by atoms with Gasteiger partial charge in [-0.25, -0.2) is 4.98 Å². The number of nitrogens with zero attached hydrogens (tertiary/aromatic N) is 1. The quantitative estimate of drug-likeness (QED) is 0.486. The third kappa shape index (κ3) is 7.55. The molecule has 0 fully saturated rings. The standard InChI is InChI=1S/C22H33N3O2/c1-2-3-4-5-6-7-8-9-13-16-24-21(26)19-17-27-22(25-19)20(23)18-14-11-10-12-15-18/h10-12,14-15,17,20H,2-9,13,16,23H2,1H3,(H,24,26). The highest BCUT2D eigenvalue weighted by molar-refractivity contribution is 5.91. The molecule has 0 aliphatic carbocycles. The van der Waals surface area contributed by atoms with Crippen LogP contribution in [0.3, 0.4) is 0 Å². The summed E-state index contributed by atoms with van der Waals surface area (Å²) in [6.07, 6.45) is 12.7. The molecule has 27 heavy (non-hydrogen) atoms. The van der Waals surface area contributed by atoms with Crippen molar-refractivity contribution in [1.29, 1.82) is 0 Å². The van der Waals surface area contributed by atoms with Gasteiger partial charge in [-0.15, -0.1) is 0 Å². The predicted octanol–water partition coefficient (Wildman–Crippen LogP) is 4.98. The van der Waals surface area contributed by atoms with E-state index in [0.29, 0.717) is 12.4 Å². The maximum atomic E-state index is 12.2. The second kappa shape index (κ2) is 12.3. The molecule has 0 saturated heterocycles. The molecule has 3 N–H and O–H groups in total. The lowest BCUT2D eigenvalue weighted by Gasteiger charge is -2.06. The maximum Gasteiger partial charge on any atom is 0.273 e. The Kier molecular flexibility index (Phi) is 9.63. The van der Waals surface area contributed by atoms with E-state index in [9.17, 15) is 4.79 Å². The van der Waals surface area contributed by atoms with Gasteiger partial charge >= 0.3 is 0 Å². The van der Waals surface area contributed by atoms with Crippen LogP contribution in [-0.4, -0.2) is 17.4 Å². The number of aromatic nitrogens is 1. The number of hydrogen-bond acceptors (Lipinski definition) is 4. The van der Waals surface area contributed by atoms with E-state index in [1.807, 2.05) is 30.3 Å². The smallest absolute Gasteiger partial charge is 0.273 e. The van der Waals surface area contributed by atoms with Crippen LogP contribution in [0.4, 0.5) is 0 Å². The van der Waals surface area contributed by atoms with Crippen molar-refractivity contribution in [3.8, 4) is 0 Å². The summed E-state index contributed by atoms with van der Waals surface area (Å²) in [5, 5.41) is 2.91. The van der Waals surface area contributed by atoms with Gasteiger partial charge in [-0.3, -0.25) is 4.79 Å². The number of unbranched alkanes of at least 4 members (excludes halogenated alkanes) is 8. The highest BCUT2D eigenvalue weighted by Crippen LogP contribution is 2.18. The van der Waals surface area contributed by atoms with Gasteiger partial charge in [-0.05, 0) is 12.0 Å². The number of carbonyl (C=O) groups excluding carboxylic acids is 1. The molecular formula is C22H33N3O2. The van der Waals surface area contributed by atoms with Gasteiger partial charge in [-0.1, -0.05) is 88.6 Å². The van der Waals surface area contributed by atoms with Crippen molar-refractivity contribution < 1.29 is 9.21 Å². The van der Waals surface area contributed by atoms with Gasteiger partial charge in [0, 0.05) is 6.54 Å². The molecule has 1 amide bonds. The monoisotopic (exact) mass is 371 g/mol. The first-order chi connectivity index (χ1) is 13.2. The lowest BCUT2D eigenvalue weighted by Crippen LogP contribution is -2.25. The van der Waals surface area contributed by atoms with Crippen LogP contribution in [0.5, 0.6) is 0 Å². The first-order valence-electron chi connectivity index (χ1n) is 10.3. The molecule has 0 aliphatic rings. The number of carbonyl (C=O) groups is 1. The van der Waals surface area contributed by atoms with Crippen LogP contribution in [0.2, 0.25) is 0 Å². The minimum Gasteiger partial charge on any atom is -0.446 e. The van der Waals surface area contributed by atoms with Crippen LogP contribution in [0.25, 0.3) is 0 Å². The molecule has 1 atom stereocenters. The minimum absolute atomic E-state index is 0.204. The molecule has 2 rings (SSSR count). The third-order valence-corrected chi connectivity index (χ3v) is 4.75. The molecule has 1 unspecified atom stereocenters. The Morgan fingerprint density at radius 3 is 2.33 bits per heavy atom. The molecule has 1 aromatic heterocycles. The van der Waals surface area contributed by atoms with E-state index in [1.165, 1.54) is 51.2 Å². The highest BCUT2D eigenvalue weighted by atomic mass is 16.3. The van der Waals surface area contributed by atoms with Gasteiger partial charge in [0.15, 0.2) is 5.69 Å². The van der Waals surface area contributed by atoms with Crippen molar-refractivity contribution in [3.05, 3.63) is 53.7 Å². The summed E-state index contributed by atoms with van der Waals surface area (Å²) in [5.41, 5.74) is 7.34. The SMILES string of the molecule is CCCCCCCCCCCNC(=O)c1coc(C(N)c2ccccc2)n1. The number of rotatable bonds is 13. The summed E-state index contributed by atoms with van der Waals surface area (Å²) in [6, 6.07) is 9.12. The Balaban J connectivity index is 1.62. The van der Waals surface area contributed by atoms with Crippen LogP contribution in [-0.2, 0) is 0 Å². The van der Waals surface area contributed by atoms with E-state index in [0.717, 1.165) is 18.4 Å². The van der Waals surface area contributed by atoms with Crippen LogP contribution < -0.4 is 11.1 Å². The van der Waals surface area contributed by atoms with Crippen molar-refractivity contribution in [2.75, 3.05) is 6.54 Å². The Hall–Kier alpha value is -2.14. The molecule has 0 spiro atoms. The number of nitrogens with one attached hydrogen (secondary N) is 1. The lowest BCUT2D eigenvalue weighted by molar-refractivity contribution is 0.0948. The summed E-state index contributed by atoms with van der Waals surface area (Å²) >= 11 is 0. The second-order valence-corrected chi connectivity index (χ2v) is 7.04. The second-order valence-electron chi connectivity index (χ2n) is 7.04. The molecule has 5 nitrogen and oxygen atoms in total. The van der Waals surface area contributed by atoms with Crippen LogP contribution >= 0.6 is 0 Å². The van der Waals surface area contributed by atoms with Crippen LogP contribution in [0.1, 0.15) is 92.7 Å². The molecule has 0 bridgehead atoms. The summed E-state index contributed by atoms with van der Waals surface area (Å²) in [4.78, 5) is 16.4. The Morgan fingerprint density at radius 1 is 1.04 bits per heavy atom.